The number of nitrogens with one attached hydrogen (secondary N) is 1. The molecule has 1 aromatic carbocycles. The maximum atomic E-state index is 12.5. The summed E-state index contributed by atoms with van der Waals surface area (Å²) in [5.74, 6) is 0.333. The number of methoxy groups -OCH3 is 2. The molecule has 0 radical (unpaired) electrons. The SMILES string of the molecule is COc1ccc(-c2no[n+]([O-])c2C(=O)NCc2cccnc2)cc1OC. The maximum Gasteiger partial charge on any atom is 0.300 e. The van der Waals surface area contributed by atoms with Gasteiger partial charge in [0, 0.05) is 29.7 Å². The fourth-order valence-corrected chi connectivity index (χ4v) is 2.38. The number of hydrogen-bond acceptors (Lipinski definition) is 7. The third-order valence-electron chi connectivity index (χ3n) is 3.66. The third kappa shape index (κ3) is 3.41. The number of benzene rings is 1. The molecule has 26 heavy (non-hydrogen) atoms. The first kappa shape index (κ1) is 17.2. The molecule has 0 saturated heterocycles. The average molecular weight is 356 g/mol. The summed E-state index contributed by atoms with van der Waals surface area (Å²) in [6.07, 6.45) is 3.25. The number of rotatable bonds is 6. The van der Waals surface area contributed by atoms with Crippen molar-refractivity contribution >= 4 is 5.91 Å². The van der Waals surface area contributed by atoms with Crippen LogP contribution in [0.25, 0.3) is 11.3 Å². The van der Waals surface area contributed by atoms with Gasteiger partial charge >= 0.3 is 5.91 Å². The first-order valence-electron chi connectivity index (χ1n) is 7.63. The number of carbonyl (C=O) groups is 1. The van der Waals surface area contributed by atoms with Crippen LogP contribution in [0.3, 0.4) is 0 Å². The molecule has 0 aliphatic carbocycles. The van der Waals surface area contributed by atoms with E-state index in [1.54, 1.807) is 42.7 Å². The summed E-state index contributed by atoms with van der Waals surface area (Å²) >= 11 is 0. The monoisotopic (exact) mass is 356 g/mol. The number of carbonyl (C=O) groups excluding carboxylic acids is 1. The van der Waals surface area contributed by atoms with Crippen molar-refractivity contribution in [2.45, 2.75) is 6.54 Å². The Morgan fingerprint density at radius 3 is 2.77 bits per heavy atom. The van der Waals surface area contributed by atoms with Crippen molar-refractivity contribution in [3.8, 4) is 22.8 Å². The molecule has 1 N–H and O–H groups in total. The predicted molar refractivity (Wildman–Crippen MR) is 89.4 cm³/mol. The lowest BCUT2D eigenvalue weighted by atomic mass is 10.1. The zero-order valence-corrected chi connectivity index (χ0v) is 14.1. The molecule has 0 spiro atoms. The minimum Gasteiger partial charge on any atom is -0.493 e. The van der Waals surface area contributed by atoms with Gasteiger partial charge in [0.15, 0.2) is 11.5 Å². The quantitative estimate of drug-likeness (QED) is 0.663. The minimum atomic E-state index is -0.616. The highest BCUT2D eigenvalue weighted by Crippen LogP contribution is 2.32. The van der Waals surface area contributed by atoms with Gasteiger partial charge in [0.2, 0.25) is 0 Å². The molecule has 2 aromatic heterocycles. The number of nitrogens with zero attached hydrogens (tertiary/aromatic N) is 3. The summed E-state index contributed by atoms with van der Waals surface area (Å²) < 4.78 is 15.0. The minimum absolute atomic E-state index is 0.0740. The summed E-state index contributed by atoms with van der Waals surface area (Å²) in [5.41, 5.74) is 1.13. The Labute approximate surface area is 148 Å². The van der Waals surface area contributed by atoms with Crippen molar-refractivity contribution in [3.05, 3.63) is 59.2 Å². The molecule has 1 amide bonds. The standard InChI is InChI=1S/C17H16N4O5/c1-24-13-6-5-12(8-14(13)25-2)15-16(21(23)26-20-15)17(22)19-10-11-4-3-7-18-9-11/h3-9H,10H2,1-2H3,(H,19,22). The summed E-state index contributed by atoms with van der Waals surface area (Å²) in [6.45, 7) is 0.212. The van der Waals surface area contributed by atoms with E-state index in [2.05, 4.69) is 20.1 Å². The molecule has 0 aliphatic rings. The molecule has 2 heterocycles. The lowest BCUT2D eigenvalue weighted by molar-refractivity contribution is -0.803. The van der Waals surface area contributed by atoms with E-state index in [0.717, 1.165) is 5.56 Å². The van der Waals surface area contributed by atoms with Crippen LogP contribution in [0, 0.1) is 5.21 Å². The van der Waals surface area contributed by atoms with Crippen LogP contribution in [-0.4, -0.2) is 30.3 Å². The molecule has 9 heteroatoms. The van der Waals surface area contributed by atoms with E-state index in [4.69, 9.17) is 9.47 Å². The topological polar surface area (TPSA) is 113 Å². The lowest BCUT2D eigenvalue weighted by Crippen LogP contribution is -2.37. The highest BCUT2D eigenvalue weighted by molar-refractivity contribution is 5.96. The van der Waals surface area contributed by atoms with Gasteiger partial charge in [-0.2, -0.15) is 0 Å². The van der Waals surface area contributed by atoms with Gasteiger partial charge < -0.3 is 20.0 Å². The van der Waals surface area contributed by atoms with E-state index in [1.165, 1.54) is 14.2 Å². The van der Waals surface area contributed by atoms with Gasteiger partial charge in [-0.25, -0.2) is 0 Å². The molecule has 0 atom stereocenters. The summed E-state index contributed by atoms with van der Waals surface area (Å²) in [4.78, 5) is 16.5. The molecule has 134 valence electrons. The number of ether oxygens (including phenoxy) is 2. The van der Waals surface area contributed by atoms with Gasteiger partial charge in [0.05, 0.1) is 14.2 Å². The number of aromatic nitrogens is 3. The maximum absolute atomic E-state index is 12.5. The Hall–Kier alpha value is -3.62. The highest BCUT2D eigenvalue weighted by atomic mass is 16.8. The van der Waals surface area contributed by atoms with Gasteiger partial charge in [0.1, 0.15) is 0 Å². The molecule has 0 saturated carbocycles. The Kier molecular flexibility index (Phi) is 4.97. The molecular weight excluding hydrogens is 340 g/mol. The van der Waals surface area contributed by atoms with E-state index >= 15 is 0 Å². The van der Waals surface area contributed by atoms with Crippen LogP contribution in [0.5, 0.6) is 11.5 Å². The van der Waals surface area contributed by atoms with Crippen LogP contribution < -0.4 is 19.7 Å². The average Bonchev–Trinajstić information content (AvgIpc) is 3.07. The van der Waals surface area contributed by atoms with E-state index in [1.807, 2.05) is 0 Å². The van der Waals surface area contributed by atoms with Gasteiger partial charge in [-0.05, 0) is 34.7 Å². The molecule has 3 rings (SSSR count). The molecule has 3 aromatic rings. The molecule has 0 bridgehead atoms. The number of amides is 1. The Morgan fingerprint density at radius 2 is 2.08 bits per heavy atom. The van der Waals surface area contributed by atoms with E-state index in [0.29, 0.717) is 17.1 Å². The van der Waals surface area contributed by atoms with Crippen molar-refractivity contribution in [2.75, 3.05) is 14.2 Å². The van der Waals surface area contributed by atoms with E-state index in [9.17, 15) is 10.0 Å². The number of pyridine rings is 1. The van der Waals surface area contributed by atoms with Gasteiger partial charge in [-0.3, -0.25) is 14.4 Å². The summed E-state index contributed by atoms with van der Waals surface area (Å²) in [7, 11) is 3.00. The second-order valence-corrected chi connectivity index (χ2v) is 5.24. The normalized spacial score (nSPS) is 10.4. The first-order chi connectivity index (χ1) is 12.6. The molecule has 0 unspecified atom stereocenters. The van der Waals surface area contributed by atoms with Crippen LogP contribution in [0.1, 0.15) is 16.1 Å². The van der Waals surface area contributed by atoms with Gasteiger partial charge in [-0.1, -0.05) is 6.07 Å². The fraction of sp³-hybridized carbons (Fsp3) is 0.176. The Bertz CT molecular complexity index is 911. The highest BCUT2D eigenvalue weighted by Gasteiger charge is 2.28. The van der Waals surface area contributed by atoms with Crippen LogP contribution in [0.15, 0.2) is 47.4 Å². The third-order valence-corrected chi connectivity index (χ3v) is 3.66. The fourth-order valence-electron chi connectivity index (χ4n) is 2.38. The van der Waals surface area contributed by atoms with Crippen molar-refractivity contribution in [1.29, 1.82) is 0 Å². The lowest BCUT2D eigenvalue weighted by Gasteiger charge is -2.08. The molecule has 0 fully saturated rings. The van der Waals surface area contributed by atoms with Gasteiger partial charge in [-0.15, -0.1) is 0 Å². The van der Waals surface area contributed by atoms with Crippen molar-refractivity contribution in [3.63, 3.8) is 0 Å². The van der Waals surface area contributed by atoms with E-state index in [-0.39, 0.29) is 22.8 Å². The van der Waals surface area contributed by atoms with Crippen LogP contribution in [0.4, 0.5) is 0 Å². The van der Waals surface area contributed by atoms with Gasteiger partial charge in [0.25, 0.3) is 11.4 Å². The second-order valence-electron chi connectivity index (χ2n) is 5.24. The zero-order valence-electron chi connectivity index (χ0n) is 14.1. The van der Waals surface area contributed by atoms with Crippen LogP contribution >= 0.6 is 0 Å². The van der Waals surface area contributed by atoms with Crippen LogP contribution in [0.2, 0.25) is 0 Å². The van der Waals surface area contributed by atoms with E-state index < -0.39 is 5.91 Å². The van der Waals surface area contributed by atoms with Crippen LogP contribution in [-0.2, 0) is 6.54 Å². The summed E-state index contributed by atoms with van der Waals surface area (Å²) in [6, 6.07) is 8.46. The largest absolute Gasteiger partial charge is 0.493 e. The molecule has 0 aliphatic heterocycles. The Balaban J connectivity index is 1.88. The molecular formula is C17H16N4O5. The smallest absolute Gasteiger partial charge is 0.300 e. The van der Waals surface area contributed by atoms with Crippen molar-refractivity contribution in [2.24, 2.45) is 0 Å². The Morgan fingerprint density at radius 1 is 1.27 bits per heavy atom. The van der Waals surface area contributed by atoms with Crippen molar-refractivity contribution in [1.82, 2.24) is 15.5 Å². The predicted octanol–water partition coefficient (Wildman–Crippen LogP) is 1.32. The zero-order chi connectivity index (χ0) is 18.5. The number of hydrogen-bond donors (Lipinski definition) is 1. The second kappa shape index (κ2) is 7.51. The molecule has 9 nitrogen and oxygen atoms in total. The van der Waals surface area contributed by atoms with Crippen molar-refractivity contribution < 1.29 is 23.8 Å². The summed E-state index contributed by atoms with van der Waals surface area (Å²) in [5, 5.41) is 18.2. The first-order valence-corrected chi connectivity index (χ1v) is 7.63.